The lowest BCUT2D eigenvalue weighted by Gasteiger charge is -2.22. The van der Waals surface area contributed by atoms with Gasteiger partial charge in [-0.1, -0.05) is 35.8 Å². The molecule has 1 N–H and O–H groups in total. The predicted octanol–water partition coefficient (Wildman–Crippen LogP) is 3.40. The van der Waals surface area contributed by atoms with Gasteiger partial charge in [0.15, 0.2) is 0 Å². The van der Waals surface area contributed by atoms with Crippen molar-refractivity contribution in [2.24, 2.45) is 0 Å². The molecule has 3 heteroatoms. The Kier molecular flexibility index (Phi) is 5.29. The topological polar surface area (TPSA) is 15.3 Å². The number of rotatable bonds is 5. The van der Waals surface area contributed by atoms with E-state index in [0.717, 1.165) is 17.6 Å². The molecule has 0 aromatic heterocycles. The van der Waals surface area contributed by atoms with Crippen LogP contribution in [0.25, 0.3) is 0 Å². The minimum Gasteiger partial charge on any atom is -0.375 e. The van der Waals surface area contributed by atoms with Gasteiger partial charge in [0.1, 0.15) is 0 Å². The van der Waals surface area contributed by atoms with Gasteiger partial charge in [0, 0.05) is 36.3 Å². The van der Waals surface area contributed by atoms with E-state index in [1.807, 2.05) is 0 Å². The van der Waals surface area contributed by atoms with Gasteiger partial charge in [-0.15, -0.1) is 0 Å². The highest BCUT2D eigenvalue weighted by atomic mass is 79.9. The van der Waals surface area contributed by atoms with E-state index in [9.17, 15) is 0 Å². The number of nitrogens with zero attached hydrogens (tertiary/aromatic N) is 1. The zero-order valence-corrected chi connectivity index (χ0v) is 12.1. The highest BCUT2D eigenvalue weighted by molar-refractivity contribution is 9.10. The maximum absolute atomic E-state index is 3.53. The van der Waals surface area contributed by atoms with Gasteiger partial charge >= 0.3 is 0 Å². The van der Waals surface area contributed by atoms with Crippen molar-refractivity contribution in [1.82, 2.24) is 5.32 Å². The van der Waals surface area contributed by atoms with Crippen molar-refractivity contribution in [2.75, 3.05) is 18.5 Å². The predicted molar refractivity (Wildman–Crippen MR) is 75.1 cm³/mol. The maximum atomic E-state index is 3.53. The third-order valence-electron chi connectivity index (χ3n) is 2.63. The summed E-state index contributed by atoms with van der Waals surface area (Å²) >= 11 is 3.53. The molecule has 0 unspecified atom stereocenters. The Morgan fingerprint density at radius 1 is 1.38 bits per heavy atom. The minimum absolute atomic E-state index is 0.517. The van der Waals surface area contributed by atoms with Crippen LogP contribution in [0.15, 0.2) is 22.7 Å². The summed E-state index contributed by atoms with van der Waals surface area (Å²) < 4.78 is 1.14. The van der Waals surface area contributed by atoms with Crippen molar-refractivity contribution in [2.45, 2.75) is 33.4 Å². The molecule has 0 bridgehead atoms. The van der Waals surface area contributed by atoms with E-state index in [1.54, 1.807) is 0 Å². The van der Waals surface area contributed by atoms with E-state index < -0.39 is 0 Å². The lowest BCUT2D eigenvalue weighted by Crippen LogP contribution is -2.24. The number of hydrogen-bond acceptors (Lipinski definition) is 2. The molecule has 0 aliphatic rings. The number of anilines is 1. The first kappa shape index (κ1) is 13.5. The molecule has 90 valence electrons. The van der Waals surface area contributed by atoms with Gasteiger partial charge in [-0.3, -0.25) is 0 Å². The number of benzene rings is 1. The van der Waals surface area contributed by atoms with E-state index in [4.69, 9.17) is 0 Å². The molecule has 0 spiro atoms. The lowest BCUT2D eigenvalue weighted by atomic mass is 10.1. The van der Waals surface area contributed by atoms with Crippen LogP contribution in [0.1, 0.15) is 26.3 Å². The molecular weight excluding hydrogens is 264 g/mol. The van der Waals surface area contributed by atoms with Crippen LogP contribution in [-0.4, -0.2) is 19.6 Å². The van der Waals surface area contributed by atoms with E-state index in [2.05, 4.69) is 72.2 Å². The summed E-state index contributed by atoms with van der Waals surface area (Å²) in [6.45, 7) is 8.44. The largest absolute Gasteiger partial charge is 0.375 e. The number of hydrogen-bond donors (Lipinski definition) is 1. The highest BCUT2D eigenvalue weighted by Crippen LogP contribution is 2.24. The Morgan fingerprint density at radius 2 is 2.06 bits per heavy atom. The molecule has 0 saturated carbocycles. The van der Waals surface area contributed by atoms with E-state index in [-0.39, 0.29) is 0 Å². The summed E-state index contributed by atoms with van der Waals surface area (Å²) in [6, 6.07) is 6.98. The molecule has 1 aromatic rings. The second-order valence-corrected chi connectivity index (χ2v) is 5.24. The van der Waals surface area contributed by atoms with Gasteiger partial charge in [-0.25, -0.2) is 0 Å². The van der Waals surface area contributed by atoms with E-state index in [1.165, 1.54) is 11.3 Å². The van der Waals surface area contributed by atoms with Gasteiger partial charge in [0.25, 0.3) is 0 Å². The van der Waals surface area contributed by atoms with E-state index in [0.29, 0.717) is 6.04 Å². The van der Waals surface area contributed by atoms with Crippen LogP contribution in [0.5, 0.6) is 0 Å². The standard InChI is InChI=1S/C13H21BrN2/c1-5-16(4)13-8-12(14)7-6-11(13)9-15-10(2)3/h6-8,10,15H,5,9H2,1-4H3. The monoisotopic (exact) mass is 284 g/mol. The van der Waals surface area contributed by atoms with Crippen LogP contribution in [0.4, 0.5) is 5.69 Å². The molecule has 16 heavy (non-hydrogen) atoms. The van der Waals surface area contributed by atoms with Crippen LogP contribution in [-0.2, 0) is 6.54 Å². The Balaban J connectivity index is 2.89. The number of halogens is 1. The van der Waals surface area contributed by atoms with Crippen molar-refractivity contribution in [3.8, 4) is 0 Å². The quantitative estimate of drug-likeness (QED) is 0.892. The van der Waals surface area contributed by atoms with Crippen molar-refractivity contribution in [3.05, 3.63) is 28.2 Å². The average molecular weight is 285 g/mol. The van der Waals surface area contributed by atoms with Gasteiger partial charge in [-0.2, -0.15) is 0 Å². The molecule has 0 amide bonds. The van der Waals surface area contributed by atoms with Crippen LogP contribution in [0.3, 0.4) is 0 Å². The Bertz CT molecular complexity index is 337. The van der Waals surface area contributed by atoms with Crippen LogP contribution >= 0.6 is 15.9 Å². The molecule has 1 aromatic carbocycles. The summed E-state index contributed by atoms with van der Waals surface area (Å²) in [7, 11) is 2.13. The summed E-state index contributed by atoms with van der Waals surface area (Å²) in [4.78, 5) is 2.27. The zero-order valence-electron chi connectivity index (χ0n) is 10.5. The van der Waals surface area contributed by atoms with Crippen LogP contribution in [0, 0.1) is 0 Å². The van der Waals surface area contributed by atoms with Crippen molar-refractivity contribution in [3.63, 3.8) is 0 Å². The fourth-order valence-corrected chi connectivity index (χ4v) is 1.88. The Morgan fingerprint density at radius 3 is 2.62 bits per heavy atom. The van der Waals surface area contributed by atoms with Gasteiger partial charge < -0.3 is 10.2 Å². The van der Waals surface area contributed by atoms with Crippen molar-refractivity contribution >= 4 is 21.6 Å². The molecule has 0 heterocycles. The molecule has 0 aliphatic carbocycles. The van der Waals surface area contributed by atoms with Gasteiger partial charge in [0.2, 0.25) is 0 Å². The smallest absolute Gasteiger partial charge is 0.0420 e. The molecule has 1 rings (SSSR count). The normalized spacial score (nSPS) is 10.9. The van der Waals surface area contributed by atoms with Crippen LogP contribution < -0.4 is 10.2 Å². The summed E-state index contributed by atoms with van der Waals surface area (Å²) in [5.41, 5.74) is 2.64. The van der Waals surface area contributed by atoms with Gasteiger partial charge in [0.05, 0.1) is 0 Å². The molecule has 0 radical (unpaired) electrons. The highest BCUT2D eigenvalue weighted by Gasteiger charge is 2.07. The molecule has 2 nitrogen and oxygen atoms in total. The first-order valence-electron chi connectivity index (χ1n) is 5.77. The summed E-state index contributed by atoms with van der Waals surface area (Å²) in [6.07, 6.45) is 0. The fraction of sp³-hybridized carbons (Fsp3) is 0.538. The lowest BCUT2D eigenvalue weighted by molar-refractivity contribution is 0.588. The molecule has 0 atom stereocenters. The second-order valence-electron chi connectivity index (χ2n) is 4.32. The van der Waals surface area contributed by atoms with Crippen molar-refractivity contribution in [1.29, 1.82) is 0 Å². The summed E-state index contributed by atoms with van der Waals surface area (Å²) in [5.74, 6) is 0. The first-order valence-corrected chi connectivity index (χ1v) is 6.56. The molecular formula is C13H21BrN2. The molecule has 0 aliphatic heterocycles. The Hall–Kier alpha value is -0.540. The number of nitrogens with one attached hydrogen (secondary N) is 1. The average Bonchev–Trinajstić information content (AvgIpc) is 2.26. The maximum Gasteiger partial charge on any atom is 0.0420 e. The second kappa shape index (κ2) is 6.26. The van der Waals surface area contributed by atoms with Crippen LogP contribution in [0.2, 0.25) is 0 Å². The third kappa shape index (κ3) is 3.80. The third-order valence-corrected chi connectivity index (χ3v) is 3.13. The summed E-state index contributed by atoms with van der Waals surface area (Å²) in [5, 5.41) is 3.46. The molecule has 0 saturated heterocycles. The minimum atomic E-state index is 0.517. The SMILES string of the molecule is CCN(C)c1cc(Br)ccc1CNC(C)C. The van der Waals surface area contributed by atoms with E-state index >= 15 is 0 Å². The Labute approximate surface area is 107 Å². The van der Waals surface area contributed by atoms with Crippen molar-refractivity contribution < 1.29 is 0 Å². The molecule has 0 fully saturated rings. The van der Waals surface area contributed by atoms with Gasteiger partial charge in [-0.05, 0) is 24.6 Å². The zero-order chi connectivity index (χ0) is 12.1. The fourth-order valence-electron chi connectivity index (χ4n) is 1.53. The first-order chi connectivity index (χ1) is 7.54.